The van der Waals surface area contributed by atoms with Crippen molar-refractivity contribution in [2.24, 2.45) is 0 Å². The summed E-state index contributed by atoms with van der Waals surface area (Å²) in [4.78, 5) is 10.8. The molecule has 0 saturated carbocycles. The molecule has 2 aromatic heterocycles. The van der Waals surface area contributed by atoms with Crippen LogP contribution in [0, 0.1) is 6.08 Å². The van der Waals surface area contributed by atoms with E-state index in [1.807, 2.05) is 0 Å². The van der Waals surface area contributed by atoms with Crippen LogP contribution in [0.5, 0.6) is 0 Å². The molecule has 0 aromatic carbocycles. The third-order valence-corrected chi connectivity index (χ3v) is 3.21. The Bertz CT molecular complexity index is 650. The predicted octanol–water partition coefficient (Wildman–Crippen LogP) is -1.84. The maximum absolute atomic E-state index is 13.2. The summed E-state index contributed by atoms with van der Waals surface area (Å²) < 4.78 is 19.8. The zero-order valence-corrected chi connectivity index (χ0v) is 10.1. The van der Waals surface area contributed by atoms with Crippen molar-refractivity contribution < 1.29 is 24.4 Å². The molecule has 1 fully saturated rings. The Balaban J connectivity index is 2.07. The molecule has 0 bridgehead atoms. The van der Waals surface area contributed by atoms with E-state index in [9.17, 15) is 14.6 Å². The van der Waals surface area contributed by atoms with Crippen LogP contribution < -0.4 is 5.73 Å². The van der Waals surface area contributed by atoms with E-state index in [0.717, 1.165) is 0 Å². The van der Waals surface area contributed by atoms with E-state index in [0.29, 0.717) is 0 Å². The van der Waals surface area contributed by atoms with E-state index in [4.69, 9.17) is 15.6 Å². The van der Waals surface area contributed by atoms with Gasteiger partial charge in [0.15, 0.2) is 23.2 Å². The van der Waals surface area contributed by atoms with Gasteiger partial charge in [-0.05, 0) is 0 Å². The fraction of sp³-hybridized carbons (Fsp3) is 0.500. The molecule has 5 N–H and O–H groups in total. The van der Waals surface area contributed by atoms with Gasteiger partial charge in [0.05, 0.1) is 12.9 Å². The smallest absolute Gasteiger partial charge is 0.312 e. The van der Waals surface area contributed by atoms with E-state index >= 15 is 0 Å². The molecule has 0 unspecified atom stereocenters. The number of aromatic nitrogens is 4. The number of nitrogen functional groups attached to an aromatic ring is 1. The summed E-state index contributed by atoms with van der Waals surface area (Å²) in [5, 5.41) is 28.7. The molecule has 3 heterocycles. The Labute approximate surface area is 111 Å². The number of imidazole rings is 1. The average Bonchev–Trinajstić information content (AvgIpc) is 2.93. The van der Waals surface area contributed by atoms with Gasteiger partial charge in [-0.3, -0.25) is 4.57 Å². The van der Waals surface area contributed by atoms with Crippen molar-refractivity contribution in [3.8, 4) is 0 Å². The molecule has 2 aromatic rings. The Morgan fingerprint density at radius 2 is 2.10 bits per heavy atom. The van der Waals surface area contributed by atoms with Gasteiger partial charge in [-0.1, -0.05) is 0 Å². The number of fused-ring (bicyclic) bond motifs is 1. The van der Waals surface area contributed by atoms with Crippen molar-refractivity contribution in [2.45, 2.75) is 24.5 Å². The summed E-state index contributed by atoms with van der Waals surface area (Å²) >= 11 is 0. The van der Waals surface area contributed by atoms with Crippen LogP contribution in [0.25, 0.3) is 11.2 Å². The van der Waals surface area contributed by atoms with Crippen molar-refractivity contribution in [1.29, 1.82) is 0 Å². The predicted molar refractivity (Wildman–Crippen MR) is 62.7 cm³/mol. The molecular formula is C10H12FN5O4. The highest BCUT2D eigenvalue weighted by atomic mass is 19.1. The molecule has 1 saturated heterocycles. The van der Waals surface area contributed by atoms with Crippen molar-refractivity contribution >= 4 is 17.0 Å². The fourth-order valence-corrected chi connectivity index (χ4v) is 2.21. The zero-order valence-electron chi connectivity index (χ0n) is 10.1. The highest BCUT2D eigenvalue weighted by molar-refractivity contribution is 5.81. The maximum Gasteiger partial charge on any atom is 0.312 e. The lowest BCUT2D eigenvalue weighted by Gasteiger charge is -2.16. The summed E-state index contributed by atoms with van der Waals surface area (Å²) in [5.74, 6) is -0.141. The normalized spacial score (nSPS) is 30.2. The minimum absolute atomic E-state index is 0.0323. The van der Waals surface area contributed by atoms with E-state index in [2.05, 4.69) is 15.0 Å². The third kappa shape index (κ3) is 1.81. The molecule has 10 heteroatoms. The largest absolute Gasteiger partial charge is 0.394 e. The molecule has 1 aliphatic rings. The SMILES string of the molecule is Nc1nc(F)nc2c1ncn2[C@H]1O[C@H](CO)[C@@H](O)[C@@H]1O. The van der Waals surface area contributed by atoms with E-state index in [1.54, 1.807) is 0 Å². The second-order valence-corrected chi connectivity index (χ2v) is 4.43. The summed E-state index contributed by atoms with van der Waals surface area (Å²) in [7, 11) is 0. The van der Waals surface area contributed by atoms with Crippen LogP contribution in [0.4, 0.5) is 10.2 Å². The number of hydrogen-bond acceptors (Lipinski definition) is 8. The standard InChI is InChI=1S/C10H12FN5O4/c11-10-14-7(12)4-8(15-10)16(2-13-4)9-6(19)5(18)3(1-17)20-9/h2-3,5-6,9,17-19H,1H2,(H2,12,14,15)/t3-,5-,6+,9+/m1/s1. The molecule has 0 radical (unpaired) electrons. The maximum atomic E-state index is 13.2. The summed E-state index contributed by atoms with van der Waals surface area (Å²) in [6.45, 7) is -0.465. The second kappa shape index (κ2) is 4.59. The fourth-order valence-electron chi connectivity index (χ4n) is 2.21. The first kappa shape index (κ1) is 13.1. The van der Waals surface area contributed by atoms with Gasteiger partial charge in [-0.15, -0.1) is 0 Å². The molecule has 0 aliphatic carbocycles. The lowest BCUT2D eigenvalue weighted by Crippen LogP contribution is -2.33. The van der Waals surface area contributed by atoms with Gasteiger partial charge in [-0.25, -0.2) is 4.98 Å². The minimum Gasteiger partial charge on any atom is -0.394 e. The van der Waals surface area contributed by atoms with Crippen molar-refractivity contribution in [3.05, 3.63) is 12.4 Å². The molecule has 3 rings (SSSR count). The van der Waals surface area contributed by atoms with Crippen LogP contribution in [0.15, 0.2) is 6.33 Å². The number of aliphatic hydroxyl groups excluding tert-OH is 3. The number of nitrogens with two attached hydrogens (primary N) is 1. The molecule has 0 spiro atoms. The Kier molecular flexibility index (Phi) is 3.01. The summed E-state index contributed by atoms with van der Waals surface area (Å²) in [6, 6.07) is 0. The Hall–Kier alpha value is -1.88. The topological polar surface area (TPSA) is 140 Å². The van der Waals surface area contributed by atoms with Crippen LogP contribution in [0.1, 0.15) is 6.23 Å². The first-order valence-corrected chi connectivity index (χ1v) is 5.81. The van der Waals surface area contributed by atoms with Crippen molar-refractivity contribution in [1.82, 2.24) is 19.5 Å². The molecule has 20 heavy (non-hydrogen) atoms. The molecule has 1 aliphatic heterocycles. The van der Waals surface area contributed by atoms with Crippen LogP contribution in [-0.2, 0) is 4.74 Å². The number of aliphatic hydroxyl groups is 3. The highest BCUT2D eigenvalue weighted by Crippen LogP contribution is 2.31. The van der Waals surface area contributed by atoms with E-state index in [1.165, 1.54) is 10.9 Å². The number of nitrogens with zero attached hydrogens (tertiary/aromatic N) is 4. The van der Waals surface area contributed by atoms with Crippen LogP contribution in [0.3, 0.4) is 0 Å². The number of rotatable bonds is 2. The molecular weight excluding hydrogens is 273 g/mol. The van der Waals surface area contributed by atoms with Crippen molar-refractivity contribution in [2.75, 3.05) is 12.3 Å². The van der Waals surface area contributed by atoms with Crippen LogP contribution in [-0.4, -0.2) is 59.8 Å². The van der Waals surface area contributed by atoms with Gasteiger partial charge in [-0.2, -0.15) is 14.4 Å². The first-order valence-electron chi connectivity index (χ1n) is 5.81. The molecule has 9 nitrogen and oxygen atoms in total. The van der Waals surface area contributed by atoms with E-state index in [-0.39, 0.29) is 17.0 Å². The Morgan fingerprint density at radius 3 is 2.75 bits per heavy atom. The van der Waals surface area contributed by atoms with E-state index < -0.39 is 37.2 Å². The average molecular weight is 285 g/mol. The number of hydrogen-bond donors (Lipinski definition) is 4. The lowest BCUT2D eigenvalue weighted by atomic mass is 10.1. The lowest BCUT2D eigenvalue weighted by molar-refractivity contribution is -0.0511. The first-order chi connectivity index (χ1) is 9.52. The summed E-state index contributed by atoms with van der Waals surface area (Å²) in [5.41, 5.74) is 5.71. The number of halogens is 1. The van der Waals surface area contributed by atoms with Gasteiger partial charge >= 0.3 is 6.08 Å². The van der Waals surface area contributed by atoms with Gasteiger partial charge in [0.25, 0.3) is 0 Å². The van der Waals surface area contributed by atoms with Gasteiger partial charge < -0.3 is 25.8 Å². The Morgan fingerprint density at radius 1 is 1.35 bits per heavy atom. The summed E-state index contributed by atoms with van der Waals surface area (Å²) in [6.07, 6.45) is -4.38. The quantitative estimate of drug-likeness (QED) is 0.472. The minimum atomic E-state index is -1.32. The molecule has 0 amide bonds. The second-order valence-electron chi connectivity index (χ2n) is 4.43. The van der Waals surface area contributed by atoms with Gasteiger partial charge in [0, 0.05) is 0 Å². The number of ether oxygens (including phenoxy) is 1. The zero-order chi connectivity index (χ0) is 14.4. The van der Waals surface area contributed by atoms with Crippen LogP contribution >= 0.6 is 0 Å². The molecule has 4 atom stereocenters. The van der Waals surface area contributed by atoms with Gasteiger partial charge in [0.1, 0.15) is 18.3 Å². The van der Waals surface area contributed by atoms with Gasteiger partial charge in [0.2, 0.25) is 0 Å². The van der Waals surface area contributed by atoms with Crippen molar-refractivity contribution in [3.63, 3.8) is 0 Å². The highest BCUT2D eigenvalue weighted by Gasteiger charge is 2.44. The monoisotopic (exact) mass is 285 g/mol. The number of anilines is 1. The van der Waals surface area contributed by atoms with Crippen LogP contribution in [0.2, 0.25) is 0 Å². The molecule has 108 valence electrons. The third-order valence-electron chi connectivity index (χ3n) is 3.21.